The summed E-state index contributed by atoms with van der Waals surface area (Å²) in [5.41, 5.74) is 2.85. The number of fused-ring (bicyclic) bond motifs is 3. The molecule has 3 saturated heterocycles. The van der Waals surface area contributed by atoms with Crippen LogP contribution in [0.15, 0.2) is 30.3 Å². The summed E-state index contributed by atoms with van der Waals surface area (Å²) in [7, 11) is 0. The normalized spacial score (nSPS) is 21.2. The average molecular weight is 532 g/mol. The number of rotatable bonds is 5. The minimum absolute atomic E-state index is 0.0704. The maximum absolute atomic E-state index is 16.5. The van der Waals surface area contributed by atoms with Crippen LogP contribution in [0.1, 0.15) is 63.4 Å². The summed E-state index contributed by atoms with van der Waals surface area (Å²) in [4.78, 5) is 16.5. The SMILES string of the molecule is Oc1ccc2c(c1)N(c1ccc3c(N4CCCCCC4)nc(OCC45CCCN4CCC5)nc3c1F)CCC2. The van der Waals surface area contributed by atoms with E-state index in [4.69, 9.17) is 14.7 Å². The van der Waals surface area contributed by atoms with Gasteiger partial charge in [-0.2, -0.15) is 9.97 Å². The smallest absolute Gasteiger partial charge is 0.319 e. The Labute approximate surface area is 229 Å². The van der Waals surface area contributed by atoms with Crippen molar-refractivity contribution in [3.05, 3.63) is 41.7 Å². The number of phenolic OH excluding ortho intramolecular Hbond substituents is 1. The molecule has 7 nitrogen and oxygen atoms in total. The third-order valence-electron chi connectivity index (χ3n) is 9.41. The van der Waals surface area contributed by atoms with E-state index in [0.717, 1.165) is 87.2 Å². The molecule has 7 rings (SSSR count). The monoisotopic (exact) mass is 531 g/mol. The molecule has 0 saturated carbocycles. The molecule has 2 aromatic carbocycles. The van der Waals surface area contributed by atoms with E-state index in [0.29, 0.717) is 24.4 Å². The van der Waals surface area contributed by atoms with Gasteiger partial charge in [0.2, 0.25) is 0 Å². The highest BCUT2D eigenvalue weighted by atomic mass is 19.1. The van der Waals surface area contributed by atoms with Crippen LogP contribution in [0.2, 0.25) is 0 Å². The van der Waals surface area contributed by atoms with Crippen LogP contribution in [0.25, 0.3) is 10.9 Å². The van der Waals surface area contributed by atoms with Crippen molar-refractivity contribution in [1.82, 2.24) is 14.9 Å². The minimum Gasteiger partial charge on any atom is -0.508 e. The molecule has 3 aromatic rings. The molecule has 0 spiro atoms. The second-order valence-corrected chi connectivity index (χ2v) is 11.8. The van der Waals surface area contributed by atoms with Crippen molar-refractivity contribution in [1.29, 1.82) is 0 Å². The zero-order chi connectivity index (χ0) is 26.4. The van der Waals surface area contributed by atoms with Gasteiger partial charge in [0.1, 0.15) is 23.7 Å². The molecule has 0 unspecified atom stereocenters. The summed E-state index contributed by atoms with van der Waals surface area (Å²) in [5.74, 6) is 0.621. The lowest BCUT2D eigenvalue weighted by Gasteiger charge is -2.32. The molecule has 3 fully saturated rings. The van der Waals surface area contributed by atoms with Crippen LogP contribution < -0.4 is 14.5 Å². The molecule has 4 aliphatic heterocycles. The number of halogens is 1. The second-order valence-electron chi connectivity index (χ2n) is 11.8. The second kappa shape index (κ2) is 10.1. The zero-order valence-electron chi connectivity index (χ0n) is 22.7. The molecular weight excluding hydrogens is 493 g/mol. The van der Waals surface area contributed by atoms with Crippen LogP contribution in [0.5, 0.6) is 11.8 Å². The molecule has 1 aromatic heterocycles. The van der Waals surface area contributed by atoms with Gasteiger partial charge in [-0.1, -0.05) is 18.9 Å². The van der Waals surface area contributed by atoms with E-state index in [-0.39, 0.29) is 23.1 Å². The van der Waals surface area contributed by atoms with E-state index in [2.05, 4.69) is 9.80 Å². The van der Waals surface area contributed by atoms with Crippen molar-refractivity contribution < 1.29 is 14.2 Å². The maximum Gasteiger partial charge on any atom is 0.319 e. The number of aryl methyl sites for hydroxylation is 1. The van der Waals surface area contributed by atoms with E-state index in [1.54, 1.807) is 12.1 Å². The molecule has 5 heterocycles. The molecule has 0 amide bonds. The quantitative estimate of drug-likeness (QED) is 0.437. The molecule has 0 radical (unpaired) electrons. The van der Waals surface area contributed by atoms with Crippen LogP contribution >= 0.6 is 0 Å². The van der Waals surface area contributed by atoms with Gasteiger partial charge >= 0.3 is 6.01 Å². The topological polar surface area (TPSA) is 65.0 Å². The summed E-state index contributed by atoms with van der Waals surface area (Å²) in [6.45, 7) is 5.32. The molecule has 0 atom stereocenters. The lowest BCUT2D eigenvalue weighted by Crippen LogP contribution is -2.43. The first-order valence-corrected chi connectivity index (χ1v) is 14.8. The number of ether oxygens (including phenoxy) is 1. The molecule has 0 aliphatic carbocycles. The molecular formula is C31H38FN5O2. The van der Waals surface area contributed by atoms with E-state index in [1.165, 1.54) is 25.7 Å². The Hall–Kier alpha value is -3.13. The predicted octanol–water partition coefficient (Wildman–Crippen LogP) is 5.95. The van der Waals surface area contributed by atoms with Gasteiger partial charge in [0.15, 0.2) is 5.82 Å². The highest BCUT2D eigenvalue weighted by molar-refractivity contribution is 5.93. The van der Waals surface area contributed by atoms with Gasteiger partial charge in [-0.05, 0) is 88.2 Å². The van der Waals surface area contributed by atoms with Crippen LogP contribution in [0, 0.1) is 5.82 Å². The fraction of sp³-hybridized carbons (Fsp3) is 0.548. The van der Waals surface area contributed by atoms with Crippen molar-refractivity contribution in [2.45, 2.75) is 69.7 Å². The Balaban J connectivity index is 1.30. The molecule has 39 heavy (non-hydrogen) atoms. The number of anilines is 3. The summed E-state index contributed by atoms with van der Waals surface area (Å²) in [6, 6.07) is 9.50. The van der Waals surface area contributed by atoms with Gasteiger partial charge in [0.05, 0.1) is 11.2 Å². The summed E-state index contributed by atoms with van der Waals surface area (Å²) in [5, 5.41) is 10.9. The molecule has 1 N–H and O–H groups in total. The number of nitrogens with zero attached hydrogens (tertiary/aromatic N) is 5. The van der Waals surface area contributed by atoms with E-state index in [9.17, 15) is 5.11 Å². The zero-order valence-corrected chi connectivity index (χ0v) is 22.7. The molecule has 206 valence electrons. The minimum atomic E-state index is -0.353. The van der Waals surface area contributed by atoms with E-state index < -0.39 is 0 Å². The molecule has 0 bridgehead atoms. The highest BCUT2D eigenvalue weighted by Crippen LogP contribution is 2.41. The number of benzene rings is 2. The van der Waals surface area contributed by atoms with E-state index in [1.807, 2.05) is 23.1 Å². The Morgan fingerprint density at radius 2 is 1.64 bits per heavy atom. The van der Waals surface area contributed by atoms with Gasteiger partial charge in [-0.25, -0.2) is 4.39 Å². The third kappa shape index (κ3) is 4.46. The number of phenols is 1. The van der Waals surface area contributed by atoms with Crippen molar-refractivity contribution in [3.63, 3.8) is 0 Å². The van der Waals surface area contributed by atoms with Crippen molar-refractivity contribution in [2.75, 3.05) is 49.1 Å². The fourth-order valence-corrected chi connectivity index (χ4v) is 7.38. The standard InChI is InChI=1S/C31H38FN5O2/c32-27-25(37-19-5-8-22-9-10-23(38)20-26(22)37)12-11-24-28(27)33-30(34-29(24)35-15-3-1-2-4-16-35)39-21-31-13-6-17-36(31)18-7-14-31/h9-12,20,38H,1-8,13-19,21H2. The van der Waals surface area contributed by atoms with Crippen LogP contribution in [-0.2, 0) is 6.42 Å². The predicted molar refractivity (Wildman–Crippen MR) is 152 cm³/mol. The van der Waals surface area contributed by atoms with Gasteiger partial charge < -0.3 is 19.6 Å². The first-order chi connectivity index (χ1) is 19.1. The lowest BCUT2D eigenvalue weighted by molar-refractivity contribution is 0.108. The van der Waals surface area contributed by atoms with Crippen molar-refractivity contribution in [2.24, 2.45) is 0 Å². The summed E-state index contributed by atoms with van der Waals surface area (Å²) >= 11 is 0. The molecule has 8 heteroatoms. The average Bonchev–Trinajstić information content (AvgIpc) is 3.41. The highest BCUT2D eigenvalue weighted by Gasteiger charge is 2.45. The fourth-order valence-electron chi connectivity index (χ4n) is 7.38. The number of aromatic hydroxyl groups is 1. The maximum atomic E-state index is 16.5. The third-order valence-corrected chi connectivity index (χ3v) is 9.41. The Bertz CT molecular complexity index is 1360. The van der Waals surface area contributed by atoms with Crippen molar-refractivity contribution in [3.8, 4) is 11.8 Å². The Morgan fingerprint density at radius 1 is 0.846 bits per heavy atom. The largest absolute Gasteiger partial charge is 0.508 e. The first-order valence-electron chi connectivity index (χ1n) is 14.8. The van der Waals surface area contributed by atoms with Crippen LogP contribution in [0.3, 0.4) is 0 Å². The number of hydrogen-bond acceptors (Lipinski definition) is 7. The first kappa shape index (κ1) is 24.9. The van der Waals surface area contributed by atoms with Crippen LogP contribution in [-0.4, -0.2) is 64.8 Å². The lowest BCUT2D eigenvalue weighted by atomic mass is 9.95. The number of hydrogen-bond donors (Lipinski definition) is 1. The molecule has 4 aliphatic rings. The van der Waals surface area contributed by atoms with Gasteiger partial charge in [0.25, 0.3) is 0 Å². The van der Waals surface area contributed by atoms with Gasteiger partial charge in [0, 0.05) is 36.8 Å². The summed E-state index contributed by atoms with van der Waals surface area (Å²) in [6.07, 6.45) is 11.1. The summed E-state index contributed by atoms with van der Waals surface area (Å²) < 4.78 is 22.9. The van der Waals surface area contributed by atoms with Crippen LogP contribution in [0.4, 0.5) is 21.6 Å². The Kier molecular flexibility index (Phi) is 6.46. The van der Waals surface area contributed by atoms with E-state index >= 15 is 4.39 Å². The van der Waals surface area contributed by atoms with Crippen molar-refractivity contribution >= 4 is 28.1 Å². The number of aromatic nitrogens is 2. The van der Waals surface area contributed by atoms with Gasteiger partial charge in [-0.15, -0.1) is 0 Å². The van der Waals surface area contributed by atoms with Gasteiger partial charge in [-0.3, -0.25) is 4.90 Å². The Morgan fingerprint density at radius 3 is 2.44 bits per heavy atom.